The van der Waals surface area contributed by atoms with Gasteiger partial charge < -0.3 is 10.2 Å². The highest BCUT2D eigenvalue weighted by Gasteiger charge is 2.12. The summed E-state index contributed by atoms with van der Waals surface area (Å²) in [5.74, 6) is 0. The number of anilines is 1. The van der Waals surface area contributed by atoms with E-state index in [4.69, 9.17) is 0 Å². The molecular weight excluding hydrogens is 222 g/mol. The second-order valence-corrected chi connectivity index (χ2v) is 5.20. The lowest BCUT2D eigenvalue weighted by Gasteiger charge is -2.28. The number of nitrogens with one attached hydrogen (secondary N) is 1. The molecule has 1 N–H and O–H groups in total. The van der Waals surface area contributed by atoms with E-state index in [1.54, 1.807) is 0 Å². The first-order valence-electron chi connectivity index (χ1n) is 6.75. The summed E-state index contributed by atoms with van der Waals surface area (Å²) in [5, 5.41) is 3.48. The Morgan fingerprint density at radius 2 is 2.22 bits per heavy atom. The van der Waals surface area contributed by atoms with Crippen molar-refractivity contribution in [2.45, 2.75) is 39.8 Å². The van der Waals surface area contributed by atoms with Crippen LogP contribution in [-0.2, 0) is 6.54 Å². The highest BCUT2D eigenvalue weighted by Crippen LogP contribution is 2.22. The molecular formula is C15H23N3. The van der Waals surface area contributed by atoms with E-state index in [1.807, 2.05) is 6.20 Å². The maximum atomic E-state index is 4.43. The highest BCUT2D eigenvalue weighted by molar-refractivity contribution is 5.54. The van der Waals surface area contributed by atoms with Crippen LogP contribution >= 0.6 is 0 Å². The molecule has 0 amide bonds. The lowest BCUT2D eigenvalue weighted by atomic mass is 10.1. The van der Waals surface area contributed by atoms with Crippen molar-refractivity contribution >= 4 is 5.69 Å². The predicted molar refractivity (Wildman–Crippen MR) is 76.9 cm³/mol. The van der Waals surface area contributed by atoms with E-state index in [0.717, 1.165) is 31.7 Å². The summed E-state index contributed by atoms with van der Waals surface area (Å²) in [4.78, 5) is 6.86. The van der Waals surface area contributed by atoms with Crippen molar-refractivity contribution in [1.82, 2.24) is 10.3 Å². The number of hydrogen-bond donors (Lipinski definition) is 1. The van der Waals surface area contributed by atoms with Gasteiger partial charge in [0.2, 0.25) is 0 Å². The van der Waals surface area contributed by atoms with E-state index in [9.17, 15) is 0 Å². The van der Waals surface area contributed by atoms with Crippen molar-refractivity contribution in [3.05, 3.63) is 35.7 Å². The zero-order chi connectivity index (χ0) is 13.0. The van der Waals surface area contributed by atoms with Crippen LogP contribution in [0.3, 0.4) is 0 Å². The first kappa shape index (κ1) is 13.1. The van der Waals surface area contributed by atoms with Gasteiger partial charge in [-0.15, -0.1) is 0 Å². The molecule has 18 heavy (non-hydrogen) atoms. The molecule has 0 atom stereocenters. The summed E-state index contributed by atoms with van der Waals surface area (Å²) in [6.45, 7) is 9.41. The SMILES string of the molecule is Cc1cc(N2CC=CCC2)c(CNC(C)C)cn1. The van der Waals surface area contributed by atoms with E-state index < -0.39 is 0 Å². The maximum Gasteiger partial charge on any atom is 0.0448 e. The highest BCUT2D eigenvalue weighted by atomic mass is 15.1. The fourth-order valence-electron chi connectivity index (χ4n) is 2.18. The Labute approximate surface area is 110 Å². The van der Waals surface area contributed by atoms with Gasteiger partial charge in [-0.1, -0.05) is 26.0 Å². The molecule has 0 radical (unpaired) electrons. The number of pyridine rings is 1. The molecule has 3 heteroatoms. The smallest absolute Gasteiger partial charge is 0.0448 e. The van der Waals surface area contributed by atoms with Crippen molar-refractivity contribution in [3.63, 3.8) is 0 Å². The van der Waals surface area contributed by atoms with Gasteiger partial charge in [0, 0.05) is 48.8 Å². The number of aryl methyl sites for hydroxylation is 1. The topological polar surface area (TPSA) is 28.2 Å². The summed E-state index contributed by atoms with van der Waals surface area (Å²) >= 11 is 0. The minimum absolute atomic E-state index is 0.500. The molecule has 0 unspecified atom stereocenters. The Kier molecular flexibility index (Phi) is 4.37. The molecule has 0 bridgehead atoms. The van der Waals surface area contributed by atoms with Crippen molar-refractivity contribution in [2.75, 3.05) is 18.0 Å². The van der Waals surface area contributed by atoms with Gasteiger partial charge in [-0.2, -0.15) is 0 Å². The third-order valence-electron chi connectivity index (χ3n) is 3.20. The Morgan fingerprint density at radius 1 is 1.39 bits per heavy atom. The molecule has 0 spiro atoms. The number of rotatable bonds is 4. The number of hydrogen-bond acceptors (Lipinski definition) is 3. The van der Waals surface area contributed by atoms with Gasteiger partial charge >= 0.3 is 0 Å². The van der Waals surface area contributed by atoms with E-state index in [1.165, 1.54) is 11.3 Å². The quantitative estimate of drug-likeness (QED) is 0.827. The Balaban J connectivity index is 2.19. The normalized spacial score (nSPS) is 15.4. The van der Waals surface area contributed by atoms with Crippen molar-refractivity contribution in [1.29, 1.82) is 0 Å². The van der Waals surface area contributed by atoms with Crippen LogP contribution in [0, 0.1) is 6.92 Å². The molecule has 0 fully saturated rings. The standard InChI is InChI=1S/C15H23N3/c1-12(2)16-10-14-11-17-13(3)9-15(14)18-7-5-4-6-8-18/h4-5,9,11-12,16H,6-8,10H2,1-3H3. The van der Waals surface area contributed by atoms with Crippen LogP contribution < -0.4 is 10.2 Å². The zero-order valence-electron chi connectivity index (χ0n) is 11.6. The molecule has 2 rings (SSSR count). The first-order chi connectivity index (χ1) is 8.66. The minimum atomic E-state index is 0.500. The lowest BCUT2D eigenvalue weighted by molar-refractivity contribution is 0.586. The monoisotopic (exact) mass is 245 g/mol. The van der Waals surface area contributed by atoms with Gasteiger partial charge in [0.1, 0.15) is 0 Å². The van der Waals surface area contributed by atoms with Gasteiger partial charge in [0.05, 0.1) is 0 Å². The fourth-order valence-corrected chi connectivity index (χ4v) is 2.18. The van der Waals surface area contributed by atoms with E-state index in [-0.39, 0.29) is 0 Å². The van der Waals surface area contributed by atoms with Crippen molar-refractivity contribution < 1.29 is 0 Å². The Morgan fingerprint density at radius 3 is 2.89 bits per heavy atom. The van der Waals surface area contributed by atoms with E-state index >= 15 is 0 Å². The molecule has 2 heterocycles. The number of aromatic nitrogens is 1. The van der Waals surface area contributed by atoms with Crippen LogP contribution in [-0.4, -0.2) is 24.1 Å². The summed E-state index contributed by atoms with van der Waals surface area (Å²) < 4.78 is 0. The maximum absolute atomic E-state index is 4.43. The third-order valence-corrected chi connectivity index (χ3v) is 3.20. The Hall–Kier alpha value is -1.35. The van der Waals surface area contributed by atoms with Crippen LogP contribution in [0.5, 0.6) is 0 Å². The molecule has 3 nitrogen and oxygen atoms in total. The Bertz CT molecular complexity index is 424. The molecule has 0 aliphatic carbocycles. The van der Waals surface area contributed by atoms with Crippen LogP contribution in [0.2, 0.25) is 0 Å². The molecule has 0 aromatic carbocycles. The fraction of sp³-hybridized carbons (Fsp3) is 0.533. The third kappa shape index (κ3) is 3.33. The van der Waals surface area contributed by atoms with Gasteiger partial charge in [-0.3, -0.25) is 4.98 Å². The van der Waals surface area contributed by atoms with Gasteiger partial charge in [-0.05, 0) is 19.4 Å². The lowest BCUT2D eigenvalue weighted by Crippen LogP contribution is -2.29. The zero-order valence-corrected chi connectivity index (χ0v) is 11.6. The molecule has 98 valence electrons. The first-order valence-corrected chi connectivity index (χ1v) is 6.75. The second-order valence-electron chi connectivity index (χ2n) is 5.20. The second kappa shape index (κ2) is 6.01. The molecule has 1 aromatic heterocycles. The van der Waals surface area contributed by atoms with Crippen LogP contribution in [0.4, 0.5) is 5.69 Å². The average Bonchev–Trinajstić information content (AvgIpc) is 2.38. The summed E-state index contributed by atoms with van der Waals surface area (Å²) in [7, 11) is 0. The minimum Gasteiger partial charge on any atom is -0.367 e. The summed E-state index contributed by atoms with van der Waals surface area (Å²) in [6, 6.07) is 2.71. The van der Waals surface area contributed by atoms with Crippen molar-refractivity contribution in [3.8, 4) is 0 Å². The number of nitrogens with zero attached hydrogens (tertiary/aromatic N) is 2. The average molecular weight is 245 g/mol. The van der Waals surface area contributed by atoms with Crippen LogP contribution in [0.15, 0.2) is 24.4 Å². The summed E-state index contributed by atoms with van der Waals surface area (Å²) in [5.41, 5.74) is 3.72. The molecule has 0 saturated heterocycles. The predicted octanol–water partition coefficient (Wildman–Crippen LogP) is 2.65. The van der Waals surface area contributed by atoms with Crippen LogP contribution in [0.1, 0.15) is 31.5 Å². The molecule has 1 aliphatic rings. The largest absolute Gasteiger partial charge is 0.367 e. The van der Waals surface area contributed by atoms with E-state index in [2.05, 4.69) is 54.2 Å². The molecule has 1 aromatic rings. The van der Waals surface area contributed by atoms with Crippen LogP contribution in [0.25, 0.3) is 0 Å². The summed E-state index contributed by atoms with van der Waals surface area (Å²) in [6.07, 6.45) is 7.66. The molecule has 0 saturated carbocycles. The van der Waals surface area contributed by atoms with Gasteiger partial charge in [-0.25, -0.2) is 0 Å². The molecule has 1 aliphatic heterocycles. The van der Waals surface area contributed by atoms with Gasteiger partial charge in [0.25, 0.3) is 0 Å². The van der Waals surface area contributed by atoms with E-state index in [0.29, 0.717) is 6.04 Å². The van der Waals surface area contributed by atoms with Gasteiger partial charge in [0.15, 0.2) is 0 Å². The van der Waals surface area contributed by atoms with Crippen molar-refractivity contribution in [2.24, 2.45) is 0 Å².